The predicted octanol–water partition coefficient (Wildman–Crippen LogP) is 3.68. The molecule has 32 heavy (non-hydrogen) atoms. The van der Waals surface area contributed by atoms with E-state index < -0.39 is 0 Å². The molecule has 0 aliphatic carbocycles. The summed E-state index contributed by atoms with van der Waals surface area (Å²) in [6, 6.07) is 14.8. The number of hydrogen-bond acceptors (Lipinski definition) is 7. The van der Waals surface area contributed by atoms with E-state index in [0.717, 1.165) is 17.0 Å². The number of nitrogen functional groups attached to an aromatic ring is 1. The van der Waals surface area contributed by atoms with E-state index in [1.54, 1.807) is 24.4 Å². The van der Waals surface area contributed by atoms with Gasteiger partial charge in [-0.1, -0.05) is 24.3 Å². The van der Waals surface area contributed by atoms with Crippen LogP contribution in [0.25, 0.3) is 33.0 Å². The van der Waals surface area contributed by atoms with Gasteiger partial charge in [0, 0.05) is 17.6 Å². The maximum Gasteiger partial charge on any atom is 0.223 e. The summed E-state index contributed by atoms with van der Waals surface area (Å²) >= 11 is 0. The van der Waals surface area contributed by atoms with Crippen molar-refractivity contribution >= 4 is 17.3 Å². The number of nitrogens with zero attached hydrogens (tertiary/aromatic N) is 8. The molecule has 0 amide bonds. The first-order valence-electron chi connectivity index (χ1n) is 9.84. The van der Waals surface area contributed by atoms with Gasteiger partial charge < -0.3 is 5.73 Å². The van der Waals surface area contributed by atoms with Gasteiger partial charge in [0.1, 0.15) is 6.33 Å². The Balaban J connectivity index is 1.74. The second kappa shape index (κ2) is 7.85. The van der Waals surface area contributed by atoms with Crippen LogP contribution in [-0.4, -0.2) is 34.5 Å². The molecule has 0 unspecified atom stereocenters. The maximum atomic E-state index is 7.35. The van der Waals surface area contributed by atoms with Crippen molar-refractivity contribution in [2.45, 2.75) is 13.3 Å². The summed E-state index contributed by atoms with van der Waals surface area (Å²) in [6.07, 6.45) is 3.58. The van der Waals surface area contributed by atoms with Crippen LogP contribution in [0.3, 0.4) is 0 Å². The summed E-state index contributed by atoms with van der Waals surface area (Å²) in [5.74, 6) is 0.760. The highest BCUT2D eigenvalue weighted by Gasteiger charge is 2.21. The lowest BCUT2D eigenvalue weighted by atomic mass is 10.0. The summed E-state index contributed by atoms with van der Waals surface area (Å²) in [7, 11) is 0. The first-order chi connectivity index (χ1) is 15.6. The first-order valence-corrected chi connectivity index (χ1v) is 9.84. The minimum absolute atomic E-state index is 0.192. The molecular weight excluding hydrogens is 402 g/mol. The molecule has 0 saturated heterocycles. The van der Waals surface area contributed by atoms with E-state index in [1.807, 2.05) is 37.3 Å². The topological polar surface area (TPSA) is 112 Å². The highest BCUT2D eigenvalue weighted by atomic mass is 15.4. The third-order valence-corrected chi connectivity index (χ3v) is 4.93. The van der Waals surface area contributed by atoms with Gasteiger partial charge in [-0.05, 0) is 36.8 Å². The third-order valence-electron chi connectivity index (χ3n) is 4.93. The zero-order chi connectivity index (χ0) is 22.1. The number of pyridine rings is 1. The lowest BCUT2D eigenvalue weighted by Gasteiger charge is -2.11. The third kappa shape index (κ3) is 3.50. The number of aromatic nitrogens is 7. The molecule has 4 heterocycles. The summed E-state index contributed by atoms with van der Waals surface area (Å²) in [6.45, 7) is 9.29. The Morgan fingerprint density at radius 1 is 1.06 bits per heavy atom. The van der Waals surface area contributed by atoms with Crippen LogP contribution < -0.4 is 5.73 Å². The average Bonchev–Trinajstić information content (AvgIpc) is 3.23. The fourth-order valence-electron chi connectivity index (χ4n) is 3.54. The van der Waals surface area contributed by atoms with E-state index in [0.29, 0.717) is 40.5 Å². The lowest BCUT2D eigenvalue weighted by Crippen LogP contribution is -2.06. The highest BCUT2D eigenvalue weighted by Crippen LogP contribution is 2.35. The Kier molecular flexibility index (Phi) is 4.72. The molecule has 0 spiro atoms. The molecule has 1 aromatic carbocycles. The molecule has 0 bridgehead atoms. The Bertz CT molecular complexity index is 1480. The van der Waals surface area contributed by atoms with Crippen molar-refractivity contribution < 1.29 is 0 Å². The fraction of sp³-hybridized carbons (Fsp3) is 0.0870. The van der Waals surface area contributed by atoms with Crippen LogP contribution in [0.1, 0.15) is 17.2 Å². The molecular formula is C23H17N9. The molecule has 0 aliphatic rings. The molecule has 2 N–H and O–H groups in total. The quantitative estimate of drug-likeness (QED) is 0.442. The van der Waals surface area contributed by atoms with Crippen molar-refractivity contribution in [1.82, 2.24) is 34.5 Å². The van der Waals surface area contributed by atoms with Crippen LogP contribution >= 0.6 is 0 Å². The minimum Gasteiger partial charge on any atom is -0.368 e. The van der Waals surface area contributed by atoms with Gasteiger partial charge in [-0.3, -0.25) is 4.98 Å². The Hall–Kier alpha value is -4.71. The van der Waals surface area contributed by atoms with Gasteiger partial charge in [-0.2, -0.15) is 4.52 Å². The maximum absolute atomic E-state index is 7.35. The number of anilines is 1. The van der Waals surface area contributed by atoms with Crippen LogP contribution in [0, 0.1) is 13.5 Å². The van der Waals surface area contributed by atoms with Gasteiger partial charge in [-0.25, -0.2) is 24.8 Å². The van der Waals surface area contributed by atoms with Gasteiger partial charge in [0.05, 0.1) is 29.9 Å². The van der Waals surface area contributed by atoms with E-state index >= 15 is 0 Å². The highest BCUT2D eigenvalue weighted by molar-refractivity contribution is 5.89. The second-order valence-electron chi connectivity index (χ2n) is 7.16. The summed E-state index contributed by atoms with van der Waals surface area (Å²) < 4.78 is 1.52. The summed E-state index contributed by atoms with van der Waals surface area (Å²) in [5.41, 5.74) is 11.7. The molecule has 0 saturated carbocycles. The van der Waals surface area contributed by atoms with Crippen LogP contribution in [0.15, 0.2) is 61.1 Å². The molecule has 0 atom stereocenters. The van der Waals surface area contributed by atoms with Crippen LogP contribution in [0.2, 0.25) is 0 Å². The van der Waals surface area contributed by atoms with Gasteiger partial charge in [-0.15, -0.1) is 5.10 Å². The zero-order valence-electron chi connectivity index (χ0n) is 17.1. The van der Waals surface area contributed by atoms with Crippen molar-refractivity contribution in [3.05, 3.63) is 89.7 Å². The van der Waals surface area contributed by atoms with Crippen LogP contribution in [0.5, 0.6) is 0 Å². The fourth-order valence-corrected chi connectivity index (χ4v) is 3.54. The predicted molar refractivity (Wildman–Crippen MR) is 120 cm³/mol. The number of aryl methyl sites for hydroxylation is 1. The van der Waals surface area contributed by atoms with E-state index in [9.17, 15) is 0 Å². The Morgan fingerprint density at radius 3 is 2.72 bits per heavy atom. The number of benzene rings is 1. The number of nitrogens with two attached hydrogens (primary N) is 1. The largest absolute Gasteiger partial charge is 0.368 e. The van der Waals surface area contributed by atoms with Crippen molar-refractivity contribution in [3.63, 3.8) is 0 Å². The smallest absolute Gasteiger partial charge is 0.223 e. The van der Waals surface area contributed by atoms with Crippen molar-refractivity contribution in [3.8, 4) is 22.5 Å². The normalized spacial score (nSPS) is 10.9. The molecule has 154 valence electrons. The molecule has 0 radical (unpaired) electrons. The molecule has 0 aliphatic heterocycles. The molecule has 0 fully saturated rings. The second-order valence-corrected chi connectivity index (χ2v) is 7.16. The number of hydrogen-bond donors (Lipinski definition) is 1. The van der Waals surface area contributed by atoms with Gasteiger partial charge in [0.25, 0.3) is 0 Å². The monoisotopic (exact) mass is 419 g/mol. The molecule has 5 rings (SSSR count). The van der Waals surface area contributed by atoms with Gasteiger partial charge >= 0.3 is 0 Å². The summed E-state index contributed by atoms with van der Waals surface area (Å²) in [5, 5.41) is 4.58. The van der Waals surface area contributed by atoms with E-state index in [4.69, 9.17) is 17.3 Å². The Labute approximate surface area is 183 Å². The zero-order valence-corrected chi connectivity index (χ0v) is 17.1. The Morgan fingerprint density at radius 2 is 1.94 bits per heavy atom. The minimum atomic E-state index is 0.192. The van der Waals surface area contributed by atoms with Gasteiger partial charge in [0.15, 0.2) is 17.2 Å². The SMILES string of the molecule is [C-]#[N+]c1cccc(-c2nc(N)n3nc(Cc4cccc(C)n4)nc3c2-c2ccncn2)c1. The summed E-state index contributed by atoms with van der Waals surface area (Å²) in [4.78, 5) is 25.9. The van der Waals surface area contributed by atoms with Crippen molar-refractivity contribution in [1.29, 1.82) is 0 Å². The van der Waals surface area contributed by atoms with E-state index in [2.05, 4.69) is 29.9 Å². The van der Waals surface area contributed by atoms with Crippen molar-refractivity contribution in [2.75, 3.05) is 5.73 Å². The van der Waals surface area contributed by atoms with Gasteiger partial charge in [0.2, 0.25) is 5.95 Å². The number of rotatable bonds is 4. The van der Waals surface area contributed by atoms with Crippen LogP contribution in [-0.2, 0) is 6.42 Å². The average molecular weight is 419 g/mol. The molecule has 9 heteroatoms. The standard InChI is InChI=1S/C23H17N9/c1-14-5-3-8-17(28-14)12-19-29-22-20(18-9-10-26-13-27-18)21(30-23(24)32(22)31-19)15-6-4-7-16(11-15)25-2/h3-11,13H,12H2,1H3,(H2,24,30). The van der Waals surface area contributed by atoms with E-state index in [-0.39, 0.29) is 5.95 Å². The molecule has 4 aromatic heterocycles. The lowest BCUT2D eigenvalue weighted by molar-refractivity contribution is 0.876. The molecule has 9 nitrogen and oxygen atoms in total. The first kappa shape index (κ1) is 19.3. The molecule has 5 aromatic rings. The van der Waals surface area contributed by atoms with Crippen molar-refractivity contribution in [2.24, 2.45) is 0 Å². The number of fused-ring (bicyclic) bond motifs is 1. The van der Waals surface area contributed by atoms with Crippen LogP contribution in [0.4, 0.5) is 11.6 Å². The van der Waals surface area contributed by atoms with E-state index in [1.165, 1.54) is 10.8 Å².